The number of nitriles is 2. The fourth-order valence-electron chi connectivity index (χ4n) is 1.53. The molecule has 0 aliphatic heterocycles. The third-order valence-electron chi connectivity index (χ3n) is 2.34. The van der Waals surface area contributed by atoms with Crippen LogP contribution in [0.3, 0.4) is 0 Å². The molecule has 4 heteroatoms. The van der Waals surface area contributed by atoms with E-state index in [0.29, 0.717) is 16.8 Å². The normalized spacial score (nSPS) is 9.44. The van der Waals surface area contributed by atoms with Crippen LogP contribution in [0.25, 0.3) is 0 Å². The predicted molar refractivity (Wildman–Crippen MR) is 70.8 cm³/mol. The van der Waals surface area contributed by atoms with E-state index < -0.39 is 0 Å². The van der Waals surface area contributed by atoms with Gasteiger partial charge in [0.1, 0.15) is 12.1 Å². The standard InChI is InChI=1S/C14H9N3S/c15-8-10-3-1-6-14(13(10)9-16)18-12-5-2-4-11(17)7-12/h1-7H,17H2. The molecular weight excluding hydrogens is 242 g/mol. The topological polar surface area (TPSA) is 73.6 Å². The highest BCUT2D eigenvalue weighted by atomic mass is 32.2. The third kappa shape index (κ3) is 2.45. The van der Waals surface area contributed by atoms with Crippen molar-refractivity contribution in [3.63, 3.8) is 0 Å². The maximum atomic E-state index is 9.12. The number of nitrogens with zero attached hydrogens (tertiary/aromatic N) is 2. The summed E-state index contributed by atoms with van der Waals surface area (Å²) in [5, 5.41) is 18.1. The Morgan fingerprint density at radius 1 is 1.00 bits per heavy atom. The van der Waals surface area contributed by atoms with Crippen molar-refractivity contribution >= 4 is 17.4 Å². The van der Waals surface area contributed by atoms with Gasteiger partial charge in [0, 0.05) is 15.5 Å². The molecular formula is C14H9N3S. The monoisotopic (exact) mass is 251 g/mol. The number of anilines is 1. The highest BCUT2D eigenvalue weighted by molar-refractivity contribution is 7.99. The smallest absolute Gasteiger partial charge is 0.102 e. The quantitative estimate of drug-likeness (QED) is 0.832. The summed E-state index contributed by atoms with van der Waals surface area (Å²) in [6.45, 7) is 0. The minimum Gasteiger partial charge on any atom is -0.399 e. The van der Waals surface area contributed by atoms with E-state index in [9.17, 15) is 0 Å². The largest absolute Gasteiger partial charge is 0.399 e. The Morgan fingerprint density at radius 2 is 1.78 bits per heavy atom. The zero-order chi connectivity index (χ0) is 13.0. The van der Waals surface area contributed by atoms with Gasteiger partial charge >= 0.3 is 0 Å². The highest BCUT2D eigenvalue weighted by Crippen LogP contribution is 2.32. The minimum atomic E-state index is 0.395. The number of hydrogen-bond donors (Lipinski definition) is 1. The van der Waals surface area contributed by atoms with Crippen molar-refractivity contribution < 1.29 is 0 Å². The first-order chi connectivity index (χ1) is 8.74. The molecule has 0 heterocycles. The molecule has 0 unspecified atom stereocenters. The molecule has 0 atom stereocenters. The zero-order valence-corrected chi connectivity index (χ0v) is 10.2. The average molecular weight is 251 g/mol. The Bertz CT molecular complexity index is 665. The van der Waals surface area contributed by atoms with E-state index in [2.05, 4.69) is 6.07 Å². The molecule has 0 spiro atoms. The molecule has 86 valence electrons. The van der Waals surface area contributed by atoms with E-state index in [0.717, 1.165) is 9.79 Å². The molecule has 18 heavy (non-hydrogen) atoms. The van der Waals surface area contributed by atoms with E-state index >= 15 is 0 Å². The van der Waals surface area contributed by atoms with Crippen molar-refractivity contribution in [2.24, 2.45) is 0 Å². The molecule has 0 bridgehead atoms. The lowest BCUT2D eigenvalue weighted by atomic mass is 10.1. The molecule has 0 aromatic heterocycles. The van der Waals surface area contributed by atoms with Crippen LogP contribution in [0.5, 0.6) is 0 Å². The summed E-state index contributed by atoms with van der Waals surface area (Å²) in [5.74, 6) is 0. The molecule has 0 saturated carbocycles. The van der Waals surface area contributed by atoms with E-state index in [-0.39, 0.29) is 0 Å². The van der Waals surface area contributed by atoms with Crippen LogP contribution in [0, 0.1) is 22.7 Å². The number of nitrogens with two attached hydrogens (primary N) is 1. The van der Waals surface area contributed by atoms with Gasteiger partial charge < -0.3 is 5.73 Å². The molecule has 0 aliphatic rings. The summed E-state index contributed by atoms with van der Waals surface area (Å²) in [6, 6.07) is 16.8. The number of nitrogen functional groups attached to an aromatic ring is 1. The molecule has 0 saturated heterocycles. The Kier molecular flexibility index (Phi) is 3.52. The minimum absolute atomic E-state index is 0.395. The van der Waals surface area contributed by atoms with Crippen LogP contribution in [0.2, 0.25) is 0 Å². The van der Waals surface area contributed by atoms with Crippen molar-refractivity contribution in [1.82, 2.24) is 0 Å². The first kappa shape index (κ1) is 12.0. The van der Waals surface area contributed by atoms with Gasteiger partial charge in [0.05, 0.1) is 11.1 Å². The van der Waals surface area contributed by atoms with Crippen molar-refractivity contribution in [2.75, 3.05) is 5.73 Å². The summed E-state index contributed by atoms with van der Waals surface area (Å²) in [7, 11) is 0. The second-order valence-corrected chi connectivity index (χ2v) is 4.69. The van der Waals surface area contributed by atoms with Gasteiger partial charge in [0.2, 0.25) is 0 Å². The molecule has 2 rings (SSSR count). The number of rotatable bonds is 2. The Morgan fingerprint density at radius 3 is 2.44 bits per heavy atom. The van der Waals surface area contributed by atoms with Gasteiger partial charge in [0.15, 0.2) is 0 Å². The van der Waals surface area contributed by atoms with Crippen LogP contribution in [0.1, 0.15) is 11.1 Å². The van der Waals surface area contributed by atoms with Crippen LogP contribution >= 0.6 is 11.8 Å². The zero-order valence-electron chi connectivity index (χ0n) is 9.42. The number of hydrogen-bond acceptors (Lipinski definition) is 4. The van der Waals surface area contributed by atoms with Crippen molar-refractivity contribution in [1.29, 1.82) is 10.5 Å². The van der Waals surface area contributed by atoms with E-state index in [4.69, 9.17) is 16.3 Å². The van der Waals surface area contributed by atoms with Crippen LogP contribution in [0.4, 0.5) is 5.69 Å². The maximum absolute atomic E-state index is 9.12. The van der Waals surface area contributed by atoms with Crippen molar-refractivity contribution in [2.45, 2.75) is 9.79 Å². The molecule has 0 amide bonds. The van der Waals surface area contributed by atoms with E-state index in [1.165, 1.54) is 11.8 Å². The van der Waals surface area contributed by atoms with Crippen LogP contribution < -0.4 is 5.73 Å². The van der Waals surface area contributed by atoms with Gasteiger partial charge in [-0.15, -0.1) is 0 Å². The summed E-state index contributed by atoms with van der Waals surface area (Å²) in [5.41, 5.74) is 7.19. The second-order valence-electron chi connectivity index (χ2n) is 3.58. The summed E-state index contributed by atoms with van der Waals surface area (Å²) < 4.78 is 0. The summed E-state index contributed by atoms with van der Waals surface area (Å²) >= 11 is 1.43. The second kappa shape index (κ2) is 5.27. The molecule has 2 N–H and O–H groups in total. The fourth-order valence-corrected chi connectivity index (χ4v) is 2.53. The number of benzene rings is 2. The molecule has 0 radical (unpaired) electrons. The van der Waals surface area contributed by atoms with E-state index in [1.807, 2.05) is 30.3 Å². The SMILES string of the molecule is N#Cc1cccc(Sc2cccc(N)c2)c1C#N. The first-order valence-electron chi connectivity index (χ1n) is 5.21. The molecule has 2 aromatic carbocycles. The Hall–Kier alpha value is -2.43. The summed E-state index contributed by atoms with van der Waals surface area (Å²) in [6.07, 6.45) is 0. The molecule has 3 nitrogen and oxygen atoms in total. The van der Waals surface area contributed by atoms with E-state index in [1.54, 1.807) is 18.2 Å². The Balaban J connectivity index is 2.42. The average Bonchev–Trinajstić information content (AvgIpc) is 2.38. The molecule has 2 aromatic rings. The first-order valence-corrected chi connectivity index (χ1v) is 6.03. The van der Waals surface area contributed by atoms with Crippen LogP contribution in [0.15, 0.2) is 52.3 Å². The lowest BCUT2D eigenvalue weighted by Gasteiger charge is -2.05. The third-order valence-corrected chi connectivity index (χ3v) is 3.39. The highest BCUT2D eigenvalue weighted by Gasteiger charge is 2.08. The lowest BCUT2D eigenvalue weighted by Crippen LogP contribution is -1.88. The maximum Gasteiger partial charge on any atom is 0.102 e. The lowest BCUT2D eigenvalue weighted by molar-refractivity contribution is 1.32. The fraction of sp³-hybridized carbons (Fsp3) is 0. The van der Waals surface area contributed by atoms with Gasteiger partial charge in [-0.25, -0.2) is 0 Å². The van der Waals surface area contributed by atoms with Gasteiger partial charge in [-0.1, -0.05) is 23.9 Å². The van der Waals surface area contributed by atoms with Gasteiger partial charge in [-0.3, -0.25) is 0 Å². The van der Waals surface area contributed by atoms with Crippen LogP contribution in [-0.4, -0.2) is 0 Å². The van der Waals surface area contributed by atoms with Crippen molar-refractivity contribution in [3.05, 3.63) is 53.6 Å². The van der Waals surface area contributed by atoms with Gasteiger partial charge in [-0.05, 0) is 30.3 Å². The summed E-state index contributed by atoms with van der Waals surface area (Å²) in [4.78, 5) is 1.71. The van der Waals surface area contributed by atoms with Crippen LogP contribution in [-0.2, 0) is 0 Å². The predicted octanol–water partition coefficient (Wildman–Crippen LogP) is 3.16. The van der Waals surface area contributed by atoms with Gasteiger partial charge in [0.25, 0.3) is 0 Å². The molecule has 0 fully saturated rings. The Labute approximate surface area is 109 Å². The molecule has 0 aliphatic carbocycles. The van der Waals surface area contributed by atoms with Gasteiger partial charge in [-0.2, -0.15) is 10.5 Å². The van der Waals surface area contributed by atoms with Crippen molar-refractivity contribution in [3.8, 4) is 12.1 Å².